The van der Waals surface area contributed by atoms with Crippen LogP contribution in [-0.2, 0) is 4.79 Å². The number of ether oxygens (including phenoxy) is 3. The molecule has 2 aromatic carbocycles. The minimum absolute atomic E-state index is 0.180. The van der Waals surface area contributed by atoms with Crippen LogP contribution in [0.1, 0.15) is 33.2 Å². The number of rotatable bonds is 7. The monoisotopic (exact) mass is 357 g/mol. The summed E-state index contributed by atoms with van der Waals surface area (Å²) in [6.45, 7) is 1.33. The first-order valence-electron chi connectivity index (χ1n) is 7.66. The molecule has 0 fully saturated rings. The van der Waals surface area contributed by atoms with Crippen molar-refractivity contribution >= 4 is 23.7 Å². The van der Waals surface area contributed by atoms with Crippen molar-refractivity contribution in [2.24, 2.45) is 0 Å². The van der Waals surface area contributed by atoms with E-state index in [-0.39, 0.29) is 17.0 Å². The van der Waals surface area contributed by atoms with Crippen LogP contribution in [0.15, 0.2) is 30.3 Å². The van der Waals surface area contributed by atoms with Gasteiger partial charge in [-0.25, -0.2) is 0 Å². The zero-order chi connectivity index (χ0) is 19.3. The van der Waals surface area contributed by atoms with Crippen molar-refractivity contribution in [1.29, 1.82) is 0 Å². The van der Waals surface area contributed by atoms with E-state index in [9.17, 15) is 14.4 Å². The molecule has 0 atom stereocenters. The molecule has 0 heterocycles. The van der Waals surface area contributed by atoms with Crippen LogP contribution in [0, 0.1) is 0 Å². The molecular weight excluding hydrogens is 338 g/mol. The van der Waals surface area contributed by atoms with E-state index in [0.29, 0.717) is 34.8 Å². The molecule has 7 heteroatoms. The van der Waals surface area contributed by atoms with Gasteiger partial charge in [-0.15, -0.1) is 0 Å². The zero-order valence-corrected chi connectivity index (χ0v) is 14.9. The van der Waals surface area contributed by atoms with E-state index >= 15 is 0 Å². The lowest BCUT2D eigenvalue weighted by Crippen LogP contribution is -2.12. The van der Waals surface area contributed by atoms with Gasteiger partial charge in [-0.05, 0) is 30.3 Å². The first-order valence-corrected chi connectivity index (χ1v) is 7.66. The predicted molar refractivity (Wildman–Crippen MR) is 95.7 cm³/mol. The molecule has 136 valence electrons. The van der Waals surface area contributed by atoms with E-state index in [1.54, 1.807) is 0 Å². The van der Waals surface area contributed by atoms with Gasteiger partial charge in [0.2, 0.25) is 11.7 Å². The molecule has 26 heavy (non-hydrogen) atoms. The van der Waals surface area contributed by atoms with E-state index in [2.05, 4.69) is 5.32 Å². The number of hydrogen-bond acceptors (Lipinski definition) is 6. The van der Waals surface area contributed by atoms with Crippen LogP contribution in [0.2, 0.25) is 0 Å². The molecule has 0 saturated heterocycles. The summed E-state index contributed by atoms with van der Waals surface area (Å²) in [5.41, 5.74) is 1.06. The van der Waals surface area contributed by atoms with Crippen molar-refractivity contribution < 1.29 is 28.6 Å². The van der Waals surface area contributed by atoms with E-state index in [1.165, 1.54) is 58.6 Å². The molecule has 0 aliphatic carbocycles. The molecule has 0 aliphatic heterocycles. The van der Waals surface area contributed by atoms with Crippen LogP contribution in [0.4, 0.5) is 5.69 Å². The Morgan fingerprint density at radius 1 is 0.962 bits per heavy atom. The average Bonchev–Trinajstić information content (AvgIpc) is 2.65. The molecule has 0 radical (unpaired) electrons. The standard InChI is InChI=1S/C19H19NO6/c1-11(22)20-15-6-5-12(10-21)7-14(15)18(23)13-8-16(24-2)19(26-4)17(9-13)25-3/h5-10H,1-4H3,(H,20,22). The molecule has 2 rings (SSSR count). The van der Waals surface area contributed by atoms with Gasteiger partial charge in [-0.3, -0.25) is 14.4 Å². The largest absolute Gasteiger partial charge is 0.493 e. The Morgan fingerprint density at radius 2 is 1.58 bits per heavy atom. The van der Waals surface area contributed by atoms with Crippen LogP contribution in [0.25, 0.3) is 0 Å². The highest BCUT2D eigenvalue weighted by molar-refractivity contribution is 6.14. The molecule has 1 amide bonds. The molecule has 2 aromatic rings. The fourth-order valence-electron chi connectivity index (χ4n) is 2.49. The lowest BCUT2D eigenvalue weighted by Gasteiger charge is -2.15. The summed E-state index contributed by atoms with van der Waals surface area (Å²) in [6.07, 6.45) is 0.628. The Morgan fingerprint density at radius 3 is 2.04 bits per heavy atom. The van der Waals surface area contributed by atoms with Gasteiger partial charge in [0.15, 0.2) is 17.3 Å². The van der Waals surface area contributed by atoms with E-state index in [1.807, 2.05) is 0 Å². The number of carbonyl (C=O) groups excluding carboxylic acids is 3. The number of hydrogen-bond donors (Lipinski definition) is 1. The number of carbonyl (C=O) groups is 3. The smallest absolute Gasteiger partial charge is 0.221 e. The van der Waals surface area contributed by atoms with Crippen molar-refractivity contribution in [1.82, 2.24) is 0 Å². The van der Waals surface area contributed by atoms with Crippen LogP contribution in [0.5, 0.6) is 17.2 Å². The summed E-state index contributed by atoms with van der Waals surface area (Å²) >= 11 is 0. The molecule has 0 saturated carbocycles. The van der Waals surface area contributed by atoms with Crippen molar-refractivity contribution in [3.63, 3.8) is 0 Å². The lowest BCUT2D eigenvalue weighted by atomic mass is 9.98. The third kappa shape index (κ3) is 3.83. The first-order chi connectivity index (χ1) is 12.4. The van der Waals surface area contributed by atoms with Crippen LogP contribution in [-0.4, -0.2) is 39.3 Å². The van der Waals surface area contributed by atoms with E-state index in [4.69, 9.17) is 14.2 Å². The molecule has 0 unspecified atom stereocenters. The van der Waals surface area contributed by atoms with E-state index < -0.39 is 5.78 Å². The molecular formula is C19H19NO6. The number of nitrogens with one attached hydrogen (secondary N) is 1. The Balaban J connectivity index is 2.61. The van der Waals surface area contributed by atoms with Crippen molar-refractivity contribution in [3.05, 3.63) is 47.0 Å². The first kappa shape index (κ1) is 19.0. The van der Waals surface area contributed by atoms with E-state index in [0.717, 1.165) is 0 Å². The summed E-state index contributed by atoms with van der Waals surface area (Å²) < 4.78 is 15.8. The highest BCUT2D eigenvalue weighted by atomic mass is 16.5. The highest BCUT2D eigenvalue weighted by Crippen LogP contribution is 2.39. The van der Waals surface area contributed by atoms with Gasteiger partial charge in [0.05, 0.1) is 27.0 Å². The number of methoxy groups -OCH3 is 3. The normalized spacial score (nSPS) is 10.0. The van der Waals surface area contributed by atoms with Crippen molar-refractivity contribution in [2.75, 3.05) is 26.6 Å². The van der Waals surface area contributed by atoms with Gasteiger partial charge in [0.25, 0.3) is 0 Å². The second kappa shape index (κ2) is 8.15. The Kier molecular flexibility index (Phi) is 5.95. The number of benzene rings is 2. The summed E-state index contributed by atoms with van der Waals surface area (Å²) in [6, 6.07) is 7.47. The maximum Gasteiger partial charge on any atom is 0.221 e. The van der Waals surface area contributed by atoms with Gasteiger partial charge < -0.3 is 19.5 Å². The van der Waals surface area contributed by atoms with Crippen LogP contribution >= 0.6 is 0 Å². The average molecular weight is 357 g/mol. The maximum absolute atomic E-state index is 13.0. The van der Waals surface area contributed by atoms with Gasteiger partial charge in [-0.2, -0.15) is 0 Å². The summed E-state index contributed by atoms with van der Waals surface area (Å²) in [7, 11) is 4.35. The zero-order valence-electron chi connectivity index (χ0n) is 14.9. The SMILES string of the molecule is COc1cc(C(=O)c2cc(C=O)ccc2NC(C)=O)cc(OC)c1OC. The van der Waals surface area contributed by atoms with Crippen molar-refractivity contribution in [3.8, 4) is 17.2 Å². The summed E-state index contributed by atoms with van der Waals surface area (Å²) in [5, 5.41) is 2.59. The second-order valence-corrected chi connectivity index (χ2v) is 5.35. The Labute approximate surface area is 150 Å². The number of anilines is 1. The summed E-state index contributed by atoms with van der Waals surface area (Å²) in [5.74, 6) is 0.264. The maximum atomic E-state index is 13.0. The molecule has 0 bridgehead atoms. The topological polar surface area (TPSA) is 90.9 Å². The third-order valence-corrected chi connectivity index (χ3v) is 3.66. The van der Waals surface area contributed by atoms with Crippen LogP contribution < -0.4 is 19.5 Å². The molecule has 7 nitrogen and oxygen atoms in total. The predicted octanol–water partition coefficient (Wildman–Crippen LogP) is 2.71. The minimum atomic E-state index is -0.406. The Bertz CT molecular complexity index is 834. The van der Waals surface area contributed by atoms with Gasteiger partial charge in [0.1, 0.15) is 6.29 Å². The molecule has 0 aliphatic rings. The molecule has 0 spiro atoms. The fourth-order valence-corrected chi connectivity index (χ4v) is 2.49. The quantitative estimate of drug-likeness (QED) is 0.605. The number of aldehydes is 1. The van der Waals surface area contributed by atoms with Gasteiger partial charge >= 0.3 is 0 Å². The van der Waals surface area contributed by atoms with Crippen molar-refractivity contribution in [2.45, 2.75) is 6.92 Å². The molecule has 0 aromatic heterocycles. The number of amides is 1. The van der Waals surface area contributed by atoms with Gasteiger partial charge in [-0.1, -0.05) is 0 Å². The summed E-state index contributed by atoms with van der Waals surface area (Å²) in [4.78, 5) is 35.5. The van der Waals surface area contributed by atoms with Gasteiger partial charge in [0, 0.05) is 23.6 Å². The third-order valence-electron chi connectivity index (χ3n) is 3.66. The highest BCUT2D eigenvalue weighted by Gasteiger charge is 2.20. The molecule has 1 N–H and O–H groups in total. The number of ketones is 1. The Hall–Kier alpha value is -3.35. The fraction of sp³-hybridized carbons (Fsp3) is 0.211. The van der Waals surface area contributed by atoms with Crippen LogP contribution in [0.3, 0.4) is 0 Å². The lowest BCUT2D eigenvalue weighted by molar-refractivity contribution is -0.114. The second-order valence-electron chi connectivity index (χ2n) is 5.35. The minimum Gasteiger partial charge on any atom is -0.493 e.